The van der Waals surface area contributed by atoms with Crippen LogP contribution in [0.2, 0.25) is 0 Å². The molecule has 0 heterocycles. The molecule has 0 saturated carbocycles. The van der Waals surface area contributed by atoms with Gasteiger partial charge in [0, 0.05) is 22.4 Å². The lowest BCUT2D eigenvalue weighted by atomic mass is 10.1. The predicted octanol–water partition coefficient (Wildman–Crippen LogP) is 7.17. The van der Waals surface area contributed by atoms with E-state index in [-0.39, 0.29) is 0 Å². The van der Waals surface area contributed by atoms with E-state index >= 15 is 0 Å². The van der Waals surface area contributed by atoms with E-state index in [0.29, 0.717) is 0 Å². The van der Waals surface area contributed by atoms with Crippen molar-refractivity contribution in [2.45, 2.75) is 0 Å². The first-order chi connectivity index (χ1) is 7.99. The average Bonchev–Trinajstić information content (AvgIpc) is 2.25. The summed E-state index contributed by atoms with van der Waals surface area (Å²) in [6.45, 7) is 0. The van der Waals surface area contributed by atoms with Gasteiger partial charge in [-0.1, -0.05) is 37.9 Å². The second-order valence-electron chi connectivity index (χ2n) is 3.38. The molecule has 0 radical (unpaired) electrons. The summed E-state index contributed by atoms with van der Waals surface area (Å²) in [4.78, 5) is 0. The summed E-state index contributed by atoms with van der Waals surface area (Å²) in [6, 6.07) is 10.3. The second-order valence-corrected chi connectivity index (χ2v) is 7.65. The quantitative estimate of drug-likeness (QED) is 0.332. The van der Waals surface area contributed by atoms with Crippen molar-refractivity contribution in [1.82, 2.24) is 0 Å². The van der Waals surface area contributed by atoms with Crippen molar-refractivity contribution in [2.75, 3.05) is 0 Å². The maximum absolute atomic E-state index is 3.58. The Kier molecular flexibility index (Phi) is 4.92. The molecule has 88 valence electrons. The van der Waals surface area contributed by atoms with Crippen LogP contribution >= 0.6 is 79.6 Å². The van der Waals surface area contributed by atoms with Gasteiger partial charge in [0.25, 0.3) is 0 Å². The molecule has 17 heavy (non-hydrogen) atoms. The fourth-order valence-electron chi connectivity index (χ4n) is 1.43. The average molecular weight is 549 g/mol. The lowest BCUT2D eigenvalue weighted by molar-refractivity contribution is 1.50. The molecule has 0 fully saturated rings. The minimum absolute atomic E-state index is 1.02. The highest BCUT2D eigenvalue weighted by molar-refractivity contribution is 9.14. The molecule has 0 unspecified atom stereocenters. The van der Waals surface area contributed by atoms with Crippen LogP contribution in [-0.4, -0.2) is 0 Å². The standard InChI is InChI=1S/C12H5Br5/c13-7-1-2-8(9(14)5-7)6-3-10(15)12(17)11(16)4-6/h1-5H. The minimum Gasteiger partial charge on any atom is -0.0521 e. The summed E-state index contributed by atoms with van der Waals surface area (Å²) < 4.78 is 5.19. The predicted molar refractivity (Wildman–Crippen MR) is 90.4 cm³/mol. The van der Waals surface area contributed by atoms with Gasteiger partial charge in [0.2, 0.25) is 0 Å². The lowest BCUT2D eigenvalue weighted by Gasteiger charge is -2.08. The molecule has 0 aliphatic carbocycles. The van der Waals surface area contributed by atoms with Gasteiger partial charge < -0.3 is 0 Å². The summed E-state index contributed by atoms with van der Waals surface area (Å²) in [6.07, 6.45) is 0. The summed E-state index contributed by atoms with van der Waals surface area (Å²) in [5.41, 5.74) is 2.30. The van der Waals surface area contributed by atoms with Crippen LogP contribution in [0.5, 0.6) is 0 Å². The van der Waals surface area contributed by atoms with Gasteiger partial charge in [0.1, 0.15) is 0 Å². The second kappa shape index (κ2) is 5.87. The summed E-state index contributed by atoms with van der Waals surface area (Å²) in [5, 5.41) is 0. The van der Waals surface area contributed by atoms with Gasteiger partial charge in [-0.25, -0.2) is 0 Å². The molecule has 0 atom stereocenters. The Morgan fingerprint density at radius 1 is 0.647 bits per heavy atom. The smallest absolute Gasteiger partial charge is 0.0459 e. The molecular weight excluding hydrogens is 544 g/mol. The molecule has 0 aliphatic rings. The lowest BCUT2D eigenvalue weighted by Crippen LogP contribution is -1.83. The van der Waals surface area contributed by atoms with E-state index in [1.54, 1.807) is 0 Å². The van der Waals surface area contributed by atoms with Crippen molar-refractivity contribution in [2.24, 2.45) is 0 Å². The molecule has 0 nitrogen and oxygen atoms in total. The number of rotatable bonds is 1. The number of halogens is 5. The maximum Gasteiger partial charge on any atom is 0.0459 e. The molecule has 0 bridgehead atoms. The molecule has 0 amide bonds. The van der Waals surface area contributed by atoms with Gasteiger partial charge in [-0.05, 0) is 83.2 Å². The third kappa shape index (κ3) is 3.24. The Balaban J connectivity index is 2.61. The summed E-state index contributed by atoms with van der Waals surface area (Å²) in [7, 11) is 0. The van der Waals surface area contributed by atoms with Gasteiger partial charge in [-0.3, -0.25) is 0 Å². The monoisotopic (exact) mass is 544 g/mol. The first-order valence-electron chi connectivity index (χ1n) is 4.59. The molecule has 2 aromatic carbocycles. The van der Waals surface area contributed by atoms with Crippen LogP contribution in [-0.2, 0) is 0 Å². The Morgan fingerprint density at radius 3 is 1.76 bits per heavy atom. The number of benzene rings is 2. The van der Waals surface area contributed by atoms with Gasteiger partial charge in [0.15, 0.2) is 0 Å². The van der Waals surface area contributed by atoms with E-state index in [0.717, 1.165) is 33.5 Å². The molecular formula is C12H5Br5. The molecule has 0 spiro atoms. The van der Waals surface area contributed by atoms with Crippen LogP contribution in [0.15, 0.2) is 52.7 Å². The molecule has 5 heteroatoms. The third-order valence-electron chi connectivity index (χ3n) is 2.23. The first kappa shape index (κ1) is 14.3. The first-order valence-corrected chi connectivity index (χ1v) is 8.55. The molecule has 0 N–H and O–H groups in total. The summed E-state index contributed by atoms with van der Waals surface area (Å²) in [5.74, 6) is 0. The SMILES string of the molecule is Brc1ccc(-c2cc(Br)c(Br)c(Br)c2)c(Br)c1. The van der Waals surface area contributed by atoms with Crippen LogP contribution in [0, 0.1) is 0 Å². The zero-order valence-corrected chi connectivity index (χ0v) is 16.2. The Labute approximate surface area is 142 Å². The van der Waals surface area contributed by atoms with Crippen molar-refractivity contribution in [3.8, 4) is 11.1 Å². The van der Waals surface area contributed by atoms with E-state index in [9.17, 15) is 0 Å². The highest BCUT2D eigenvalue weighted by Crippen LogP contribution is 2.38. The normalized spacial score (nSPS) is 10.6. The Morgan fingerprint density at radius 2 is 1.24 bits per heavy atom. The zero-order valence-electron chi connectivity index (χ0n) is 8.28. The van der Waals surface area contributed by atoms with Gasteiger partial charge in [0.05, 0.1) is 0 Å². The van der Waals surface area contributed by atoms with Crippen LogP contribution < -0.4 is 0 Å². The fourth-order valence-corrected chi connectivity index (χ4v) is 4.13. The van der Waals surface area contributed by atoms with Gasteiger partial charge >= 0.3 is 0 Å². The van der Waals surface area contributed by atoms with Gasteiger partial charge in [-0.2, -0.15) is 0 Å². The van der Waals surface area contributed by atoms with Crippen molar-refractivity contribution in [1.29, 1.82) is 0 Å². The fraction of sp³-hybridized carbons (Fsp3) is 0. The minimum atomic E-state index is 1.02. The van der Waals surface area contributed by atoms with Crippen molar-refractivity contribution >= 4 is 79.6 Å². The van der Waals surface area contributed by atoms with Gasteiger partial charge in [-0.15, -0.1) is 0 Å². The summed E-state index contributed by atoms with van der Waals surface area (Å²) >= 11 is 17.6. The molecule has 0 aliphatic heterocycles. The van der Waals surface area contributed by atoms with Crippen molar-refractivity contribution < 1.29 is 0 Å². The highest BCUT2D eigenvalue weighted by Gasteiger charge is 2.09. The number of hydrogen-bond donors (Lipinski definition) is 0. The Hall–Kier alpha value is 0.840. The van der Waals surface area contributed by atoms with E-state index in [1.807, 2.05) is 12.1 Å². The highest BCUT2D eigenvalue weighted by atomic mass is 79.9. The molecule has 0 aromatic heterocycles. The van der Waals surface area contributed by atoms with E-state index in [4.69, 9.17) is 0 Å². The molecule has 2 aromatic rings. The molecule has 2 rings (SSSR count). The third-order valence-corrected chi connectivity index (χ3v) is 6.54. The zero-order chi connectivity index (χ0) is 12.6. The Bertz CT molecular complexity index is 554. The van der Waals surface area contributed by atoms with Crippen LogP contribution in [0.4, 0.5) is 0 Å². The topological polar surface area (TPSA) is 0 Å². The van der Waals surface area contributed by atoms with Crippen molar-refractivity contribution in [3.05, 3.63) is 52.7 Å². The number of hydrogen-bond acceptors (Lipinski definition) is 0. The van der Waals surface area contributed by atoms with Crippen LogP contribution in [0.25, 0.3) is 11.1 Å². The van der Waals surface area contributed by atoms with E-state index in [2.05, 4.69) is 97.8 Å². The molecule has 0 saturated heterocycles. The van der Waals surface area contributed by atoms with E-state index in [1.165, 1.54) is 0 Å². The largest absolute Gasteiger partial charge is 0.0521 e. The van der Waals surface area contributed by atoms with Crippen LogP contribution in [0.1, 0.15) is 0 Å². The maximum atomic E-state index is 3.58. The van der Waals surface area contributed by atoms with Crippen molar-refractivity contribution in [3.63, 3.8) is 0 Å². The van der Waals surface area contributed by atoms with Crippen LogP contribution in [0.3, 0.4) is 0 Å². The van der Waals surface area contributed by atoms with E-state index < -0.39 is 0 Å².